The first-order chi connectivity index (χ1) is 12.1. The first-order valence-corrected chi connectivity index (χ1v) is 8.46. The summed E-state index contributed by atoms with van der Waals surface area (Å²) in [4.78, 5) is 28.1. The third-order valence-electron chi connectivity index (χ3n) is 3.49. The number of fused-ring (bicyclic) bond motifs is 1. The van der Waals surface area contributed by atoms with Crippen LogP contribution in [0.4, 0.5) is 5.69 Å². The highest BCUT2D eigenvalue weighted by Crippen LogP contribution is 2.27. The fourth-order valence-corrected chi connectivity index (χ4v) is 2.91. The van der Waals surface area contributed by atoms with E-state index in [9.17, 15) is 9.59 Å². The van der Waals surface area contributed by atoms with Gasteiger partial charge in [0.15, 0.2) is 5.58 Å². The van der Waals surface area contributed by atoms with Crippen molar-refractivity contribution in [1.82, 2.24) is 4.98 Å². The SMILES string of the molecule is COC(=O)c1ccc(NC(=O)C(C)Sc2nc3ccccc3o2)cc1. The minimum atomic E-state index is -0.419. The fourth-order valence-electron chi connectivity index (χ4n) is 2.16. The lowest BCUT2D eigenvalue weighted by atomic mass is 10.2. The van der Waals surface area contributed by atoms with E-state index in [0.29, 0.717) is 22.1 Å². The van der Waals surface area contributed by atoms with E-state index in [2.05, 4.69) is 15.0 Å². The molecule has 1 amide bonds. The molecule has 2 aromatic carbocycles. The molecule has 3 aromatic rings. The molecule has 1 aromatic heterocycles. The normalized spacial score (nSPS) is 11.9. The molecule has 3 rings (SSSR count). The Morgan fingerprint density at radius 3 is 2.56 bits per heavy atom. The van der Waals surface area contributed by atoms with Crippen LogP contribution in [0.3, 0.4) is 0 Å². The summed E-state index contributed by atoms with van der Waals surface area (Å²) in [6.45, 7) is 1.78. The molecule has 0 saturated heterocycles. The predicted octanol–water partition coefficient (Wildman–Crippen LogP) is 3.73. The number of hydrogen-bond acceptors (Lipinski definition) is 6. The first-order valence-electron chi connectivity index (χ1n) is 7.58. The average molecular weight is 356 g/mol. The largest absolute Gasteiger partial charge is 0.465 e. The monoisotopic (exact) mass is 356 g/mol. The number of benzene rings is 2. The molecule has 128 valence electrons. The number of amides is 1. The van der Waals surface area contributed by atoms with Crippen LogP contribution in [0.5, 0.6) is 0 Å². The Kier molecular flexibility index (Phi) is 5.04. The Morgan fingerprint density at radius 1 is 1.16 bits per heavy atom. The second kappa shape index (κ2) is 7.40. The van der Waals surface area contributed by atoms with Gasteiger partial charge in [-0.3, -0.25) is 4.79 Å². The van der Waals surface area contributed by atoms with Gasteiger partial charge in [0.1, 0.15) is 5.52 Å². The van der Waals surface area contributed by atoms with E-state index >= 15 is 0 Å². The molecule has 0 radical (unpaired) electrons. The third kappa shape index (κ3) is 4.00. The number of thioether (sulfide) groups is 1. The van der Waals surface area contributed by atoms with E-state index in [1.165, 1.54) is 18.9 Å². The molecule has 0 aliphatic rings. The van der Waals surface area contributed by atoms with Crippen LogP contribution in [0.25, 0.3) is 11.1 Å². The van der Waals surface area contributed by atoms with Gasteiger partial charge in [-0.15, -0.1) is 0 Å². The highest BCUT2D eigenvalue weighted by molar-refractivity contribution is 8.00. The van der Waals surface area contributed by atoms with Crippen molar-refractivity contribution in [2.75, 3.05) is 12.4 Å². The standard InChI is InChI=1S/C18H16N2O4S/c1-11(25-18-20-14-5-3-4-6-15(14)24-18)16(21)19-13-9-7-12(8-10-13)17(22)23-2/h3-11H,1-2H3,(H,19,21). The quantitative estimate of drug-likeness (QED) is 0.554. The van der Waals surface area contributed by atoms with Crippen LogP contribution in [0, 0.1) is 0 Å². The van der Waals surface area contributed by atoms with Gasteiger partial charge in [-0.25, -0.2) is 9.78 Å². The summed E-state index contributed by atoms with van der Waals surface area (Å²) in [5.74, 6) is -0.601. The van der Waals surface area contributed by atoms with Crippen LogP contribution in [0.2, 0.25) is 0 Å². The van der Waals surface area contributed by atoms with E-state index in [-0.39, 0.29) is 5.91 Å². The molecule has 0 aliphatic heterocycles. The number of rotatable bonds is 5. The number of carbonyl (C=O) groups excluding carboxylic acids is 2. The molecule has 1 N–H and O–H groups in total. The number of nitrogens with one attached hydrogen (secondary N) is 1. The Balaban J connectivity index is 1.63. The summed E-state index contributed by atoms with van der Waals surface area (Å²) in [6, 6.07) is 13.9. The number of hydrogen-bond donors (Lipinski definition) is 1. The lowest BCUT2D eigenvalue weighted by molar-refractivity contribution is -0.115. The second-order valence-electron chi connectivity index (χ2n) is 5.27. The van der Waals surface area contributed by atoms with Crippen LogP contribution in [-0.2, 0) is 9.53 Å². The molecule has 0 fully saturated rings. The van der Waals surface area contributed by atoms with Gasteiger partial charge in [0.25, 0.3) is 5.22 Å². The topological polar surface area (TPSA) is 81.4 Å². The molecule has 1 atom stereocenters. The molecule has 1 unspecified atom stereocenters. The van der Waals surface area contributed by atoms with Crippen molar-refractivity contribution < 1.29 is 18.7 Å². The van der Waals surface area contributed by atoms with E-state index in [4.69, 9.17) is 4.42 Å². The number of anilines is 1. The van der Waals surface area contributed by atoms with Gasteiger partial charge < -0.3 is 14.5 Å². The molecule has 0 spiro atoms. The second-order valence-corrected chi connectivity index (χ2v) is 6.56. The van der Waals surface area contributed by atoms with E-state index in [1.807, 2.05) is 24.3 Å². The summed E-state index contributed by atoms with van der Waals surface area (Å²) in [7, 11) is 1.32. The van der Waals surface area contributed by atoms with Crippen molar-refractivity contribution >= 4 is 40.4 Å². The summed E-state index contributed by atoms with van der Waals surface area (Å²) in [5.41, 5.74) is 2.48. The van der Waals surface area contributed by atoms with Crippen molar-refractivity contribution in [3.05, 3.63) is 54.1 Å². The molecular formula is C18H16N2O4S. The van der Waals surface area contributed by atoms with Gasteiger partial charge in [-0.1, -0.05) is 23.9 Å². The number of esters is 1. The molecule has 7 heteroatoms. The van der Waals surface area contributed by atoms with Crippen LogP contribution in [0.1, 0.15) is 17.3 Å². The van der Waals surface area contributed by atoms with Crippen molar-refractivity contribution in [2.45, 2.75) is 17.4 Å². The van der Waals surface area contributed by atoms with Crippen LogP contribution in [-0.4, -0.2) is 29.2 Å². The number of nitrogens with zero attached hydrogens (tertiary/aromatic N) is 1. The maximum Gasteiger partial charge on any atom is 0.337 e. The van der Waals surface area contributed by atoms with E-state index in [0.717, 1.165) is 5.52 Å². The predicted molar refractivity (Wildman–Crippen MR) is 95.7 cm³/mol. The molecule has 0 aliphatic carbocycles. The summed E-state index contributed by atoms with van der Waals surface area (Å²) >= 11 is 1.24. The highest BCUT2D eigenvalue weighted by atomic mass is 32.2. The Labute approximate surface area is 148 Å². The van der Waals surface area contributed by atoms with Gasteiger partial charge >= 0.3 is 5.97 Å². The maximum absolute atomic E-state index is 12.3. The average Bonchev–Trinajstić information content (AvgIpc) is 3.03. The van der Waals surface area contributed by atoms with Crippen LogP contribution in [0.15, 0.2) is 58.2 Å². The van der Waals surface area contributed by atoms with E-state index in [1.54, 1.807) is 31.2 Å². The van der Waals surface area contributed by atoms with Gasteiger partial charge in [-0.05, 0) is 43.3 Å². The summed E-state index contributed by atoms with van der Waals surface area (Å²) < 4.78 is 10.3. The van der Waals surface area contributed by atoms with Gasteiger partial charge in [0.05, 0.1) is 17.9 Å². The van der Waals surface area contributed by atoms with Gasteiger partial charge in [0, 0.05) is 5.69 Å². The number of aromatic nitrogens is 1. The Hall–Kier alpha value is -2.80. The molecule has 0 saturated carbocycles. The minimum Gasteiger partial charge on any atom is -0.465 e. The third-order valence-corrected chi connectivity index (χ3v) is 4.44. The molecule has 0 bridgehead atoms. The Bertz CT molecular complexity index is 872. The van der Waals surface area contributed by atoms with Crippen LogP contribution < -0.4 is 5.32 Å². The minimum absolute atomic E-state index is 0.182. The van der Waals surface area contributed by atoms with Crippen molar-refractivity contribution in [3.63, 3.8) is 0 Å². The fraction of sp³-hybridized carbons (Fsp3) is 0.167. The molecule has 25 heavy (non-hydrogen) atoms. The lowest BCUT2D eigenvalue weighted by Crippen LogP contribution is -2.22. The maximum atomic E-state index is 12.3. The van der Waals surface area contributed by atoms with E-state index < -0.39 is 11.2 Å². The smallest absolute Gasteiger partial charge is 0.337 e. The van der Waals surface area contributed by atoms with Crippen molar-refractivity contribution in [2.24, 2.45) is 0 Å². The van der Waals surface area contributed by atoms with Crippen LogP contribution >= 0.6 is 11.8 Å². The molecule has 6 nitrogen and oxygen atoms in total. The van der Waals surface area contributed by atoms with Gasteiger partial charge in [0.2, 0.25) is 5.91 Å². The molecular weight excluding hydrogens is 340 g/mol. The van der Waals surface area contributed by atoms with Gasteiger partial charge in [-0.2, -0.15) is 0 Å². The zero-order valence-corrected chi connectivity index (χ0v) is 14.5. The van der Waals surface area contributed by atoms with Crippen molar-refractivity contribution in [3.8, 4) is 0 Å². The zero-order valence-electron chi connectivity index (χ0n) is 13.7. The number of ether oxygens (including phenoxy) is 1. The molecule has 1 heterocycles. The summed E-state index contributed by atoms with van der Waals surface area (Å²) in [6.07, 6.45) is 0. The first kappa shape index (κ1) is 17.0. The highest BCUT2D eigenvalue weighted by Gasteiger charge is 2.18. The summed E-state index contributed by atoms with van der Waals surface area (Å²) in [5, 5.41) is 2.85. The Morgan fingerprint density at radius 2 is 1.88 bits per heavy atom. The zero-order chi connectivity index (χ0) is 17.8. The van der Waals surface area contributed by atoms with Crippen molar-refractivity contribution in [1.29, 1.82) is 0 Å². The number of oxazole rings is 1. The lowest BCUT2D eigenvalue weighted by Gasteiger charge is -2.10. The number of carbonyl (C=O) groups is 2. The number of methoxy groups -OCH3 is 1. The number of para-hydroxylation sites is 2.